The molecular weight excluding hydrogens is 354 g/mol. The SMILES string of the molecule is CC(NC(=O)Nc1ccnn1Cc1ccccc1)c1nncn1C1CCCC1. The van der Waals surface area contributed by atoms with E-state index in [1.807, 2.05) is 37.3 Å². The number of hydrogen-bond donors (Lipinski definition) is 2. The van der Waals surface area contributed by atoms with Crippen LogP contribution in [0.25, 0.3) is 0 Å². The third-order valence-corrected chi connectivity index (χ3v) is 5.19. The third kappa shape index (κ3) is 4.05. The maximum atomic E-state index is 12.5. The Morgan fingerprint density at radius 3 is 2.79 bits per heavy atom. The van der Waals surface area contributed by atoms with Crippen molar-refractivity contribution < 1.29 is 4.79 Å². The molecular formula is C20H25N7O. The van der Waals surface area contributed by atoms with E-state index < -0.39 is 0 Å². The van der Waals surface area contributed by atoms with Gasteiger partial charge in [-0.05, 0) is 25.3 Å². The highest BCUT2D eigenvalue weighted by Gasteiger charge is 2.23. The molecule has 8 heteroatoms. The van der Waals surface area contributed by atoms with Gasteiger partial charge in [-0.2, -0.15) is 5.10 Å². The van der Waals surface area contributed by atoms with Gasteiger partial charge in [0.2, 0.25) is 0 Å². The van der Waals surface area contributed by atoms with Crippen molar-refractivity contribution in [1.29, 1.82) is 0 Å². The molecule has 2 heterocycles. The number of aromatic nitrogens is 5. The molecule has 0 bridgehead atoms. The highest BCUT2D eigenvalue weighted by Crippen LogP contribution is 2.31. The van der Waals surface area contributed by atoms with Crippen molar-refractivity contribution in [2.75, 3.05) is 5.32 Å². The van der Waals surface area contributed by atoms with Crippen LogP contribution < -0.4 is 10.6 Å². The van der Waals surface area contributed by atoms with E-state index in [1.165, 1.54) is 12.8 Å². The van der Waals surface area contributed by atoms with E-state index in [2.05, 4.69) is 30.5 Å². The summed E-state index contributed by atoms with van der Waals surface area (Å²) in [4.78, 5) is 12.5. The molecule has 0 saturated heterocycles. The molecule has 3 aromatic rings. The molecule has 1 atom stereocenters. The zero-order valence-corrected chi connectivity index (χ0v) is 16.0. The van der Waals surface area contributed by atoms with E-state index >= 15 is 0 Å². The van der Waals surface area contributed by atoms with Crippen molar-refractivity contribution in [3.05, 3.63) is 60.3 Å². The Morgan fingerprint density at radius 1 is 1.21 bits per heavy atom. The van der Waals surface area contributed by atoms with Crippen LogP contribution in [0.5, 0.6) is 0 Å². The molecule has 0 aliphatic heterocycles. The molecule has 1 aliphatic carbocycles. The second-order valence-corrected chi connectivity index (χ2v) is 7.21. The number of benzene rings is 1. The molecule has 1 aliphatic rings. The number of hydrogen-bond acceptors (Lipinski definition) is 4. The van der Waals surface area contributed by atoms with Gasteiger partial charge in [-0.25, -0.2) is 9.48 Å². The van der Waals surface area contributed by atoms with Gasteiger partial charge in [0.25, 0.3) is 0 Å². The molecule has 1 saturated carbocycles. The molecule has 8 nitrogen and oxygen atoms in total. The zero-order chi connectivity index (χ0) is 19.3. The number of rotatable bonds is 6. The summed E-state index contributed by atoms with van der Waals surface area (Å²) in [6, 6.07) is 11.7. The van der Waals surface area contributed by atoms with Crippen molar-refractivity contribution >= 4 is 11.8 Å². The van der Waals surface area contributed by atoms with Crippen LogP contribution in [-0.2, 0) is 6.54 Å². The quantitative estimate of drug-likeness (QED) is 0.686. The molecule has 4 rings (SSSR count). The van der Waals surface area contributed by atoms with Gasteiger partial charge in [-0.3, -0.25) is 5.32 Å². The predicted octanol–water partition coefficient (Wildman–Crippen LogP) is 3.52. The van der Waals surface area contributed by atoms with E-state index in [0.29, 0.717) is 18.4 Å². The highest BCUT2D eigenvalue weighted by molar-refractivity contribution is 5.88. The standard InChI is InChI=1S/C20H25N7O/c1-15(19-25-21-14-26(19)17-9-5-6-10-17)23-20(28)24-18-11-12-22-27(18)13-16-7-3-2-4-8-16/h2-4,7-8,11-12,14-15,17H,5-6,9-10,13H2,1H3,(H2,23,24,28). The maximum absolute atomic E-state index is 12.5. The van der Waals surface area contributed by atoms with Gasteiger partial charge in [0.15, 0.2) is 5.82 Å². The van der Waals surface area contributed by atoms with Gasteiger partial charge >= 0.3 is 6.03 Å². The van der Waals surface area contributed by atoms with Crippen LogP contribution in [0.3, 0.4) is 0 Å². The van der Waals surface area contributed by atoms with E-state index in [1.54, 1.807) is 23.3 Å². The first-order chi connectivity index (χ1) is 13.7. The first-order valence-corrected chi connectivity index (χ1v) is 9.73. The average Bonchev–Trinajstić information content (AvgIpc) is 3.44. The summed E-state index contributed by atoms with van der Waals surface area (Å²) in [6.07, 6.45) is 8.20. The van der Waals surface area contributed by atoms with Crippen LogP contribution in [0.15, 0.2) is 48.9 Å². The first kappa shape index (κ1) is 18.2. The lowest BCUT2D eigenvalue weighted by Gasteiger charge is -2.19. The van der Waals surface area contributed by atoms with Gasteiger partial charge in [-0.15, -0.1) is 10.2 Å². The summed E-state index contributed by atoms with van der Waals surface area (Å²) in [5.41, 5.74) is 1.12. The minimum atomic E-state index is -0.289. The number of carbonyl (C=O) groups is 1. The van der Waals surface area contributed by atoms with Crippen molar-refractivity contribution in [3.63, 3.8) is 0 Å². The Hall–Kier alpha value is -3.16. The number of anilines is 1. The van der Waals surface area contributed by atoms with Crippen LogP contribution in [0.2, 0.25) is 0 Å². The number of nitrogens with zero attached hydrogens (tertiary/aromatic N) is 5. The van der Waals surface area contributed by atoms with E-state index in [-0.39, 0.29) is 12.1 Å². The molecule has 1 aromatic carbocycles. The normalized spacial score (nSPS) is 15.5. The third-order valence-electron chi connectivity index (χ3n) is 5.19. The minimum absolute atomic E-state index is 0.242. The van der Waals surface area contributed by atoms with Crippen molar-refractivity contribution in [2.45, 2.75) is 51.2 Å². The van der Waals surface area contributed by atoms with Crippen molar-refractivity contribution in [2.24, 2.45) is 0 Å². The Morgan fingerprint density at radius 2 is 2.00 bits per heavy atom. The topological polar surface area (TPSA) is 89.7 Å². The molecule has 1 unspecified atom stereocenters. The van der Waals surface area contributed by atoms with Gasteiger partial charge in [0.05, 0.1) is 18.8 Å². The fourth-order valence-corrected chi connectivity index (χ4v) is 3.76. The van der Waals surface area contributed by atoms with E-state index in [4.69, 9.17) is 0 Å². The van der Waals surface area contributed by atoms with Crippen LogP contribution in [0.4, 0.5) is 10.6 Å². The highest BCUT2D eigenvalue weighted by atomic mass is 16.2. The molecule has 0 spiro atoms. The number of amides is 2. The summed E-state index contributed by atoms with van der Waals surface area (Å²) in [7, 11) is 0. The van der Waals surface area contributed by atoms with Crippen LogP contribution in [0, 0.1) is 0 Å². The fraction of sp³-hybridized carbons (Fsp3) is 0.400. The maximum Gasteiger partial charge on any atom is 0.320 e. The minimum Gasteiger partial charge on any atom is -0.328 e. The second kappa shape index (κ2) is 8.24. The fourth-order valence-electron chi connectivity index (χ4n) is 3.76. The van der Waals surface area contributed by atoms with Crippen LogP contribution >= 0.6 is 0 Å². The van der Waals surface area contributed by atoms with Crippen molar-refractivity contribution in [1.82, 2.24) is 29.9 Å². The number of urea groups is 1. The molecule has 28 heavy (non-hydrogen) atoms. The van der Waals surface area contributed by atoms with Crippen LogP contribution in [-0.4, -0.2) is 30.6 Å². The molecule has 0 radical (unpaired) electrons. The zero-order valence-electron chi connectivity index (χ0n) is 16.0. The Labute approximate surface area is 164 Å². The van der Waals surface area contributed by atoms with Gasteiger partial charge in [0.1, 0.15) is 12.1 Å². The second-order valence-electron chi connectivity index (χ2n) is 7.21. The lowest BCUT2D eigenvalue weighted by atomic mass is 10.2. The average molecular weight is 379 g/mol. The van der Waals surface area contributed by atoms with E-state index in [9.17, 15) is 4.79 Å². The Balaban J connectivity index is 1.39. The summed E-state index contributed by atoms with van der Waals surface area (Å²) in [6.45, 7) is 2.52. The van der Waals surface area contributed by atoms with E-state index in [0.717, 1.165) is 24.2 Å². The largest absolute Gasteiger partial charge is 0.328 e. The summed E-state index contributed by atoms with van der Waals surface area (Å²) < 4.78 is 3.87. The smallest absolute Gasteiger partial charge is 0.320 e. The van der Waals surface area contributed by atoms with Gasteiger partial charge < -0.3 is 9.88 Å². The molecule has 2 amide bonds. The summed E-state index contributed by atoms with van der Waals surface area (Å²) in [5.74, 6) is 1.44. The number of nitrogens with one attached hydrogen (secondary N) is 2. The lowest BCUT2D eigenvalue weighted by Crippen LogP contribution is -2.33. The van der Waals surface area contributed by atoms with Gasteiger partial charge in [0, 0.05) is 12.1 Å². The summed E-state index contributed by atoms with van der Waals surface area (Å²) in [5, 5.41) is 18.5. The molecule has 2 N–H and O–H groups in total. The predicted molar refractivity (Wildman–Crippen MR) is 106 cm³/mol. The Kier molecular flexibility index (Phi) is 5.36. The van der Waals surface area contributed by atoms with Crippen molar-refractivity contribution in [3.8, 4) is 0 Å². The monoisotopic (exact) mass is 379 g/mol. The Bertz CT molecular complexity index is 912. The number of carbonyl (C=O) groups excluding carboxylic acids is 1. The summed E-state index contributed by atoms with van der Waals surface area (Å²) >= 11 is 0. The molecule has 146 valence electrons. The molecule has 1 fully saturated rings. The molecule has 2 aromatic heterocycles. The first-order valence-electron chi connectivity index (χ1n) is 9.73. The van der Waals surface area contributed by atoms with Gasteiger partial charge in [-0.1, -0.05) is 43.2 Å². The van der Waals surface area contributed by atoms with Crippen LogP contribution in [0.1, 0.15) is 56.1 Å². The lowest BCUT2D eigenvalue weighted by molar-refractivity contribution is 0.248.